The molecule has 1 N–H and O–H groups in total. The first-order valence-electron chi connectivity index (χ1n) is 6.37. The highest BCUT2D eigenvalue weighted by Crippen LogP contribution is 2.26. The molecule has 0 fully saturated rings. The quantitative estimate of drug-likeness (QED) is 0.778. The van der Waals surface area contributed by atoms with Crippen molar-refractivity contribution >= 4 is 5.91 Å². The summed E-state index contributed by atoms with van der Waals surface area (Å²) in [6.07, 6.45) is 0.926. The number of amides is 1. The predicted molar refractivity (Wildman–Crippen MR) is 72.5 cm³/mol. The van der Waals surface area contributed by atoms with Crippen LogP contribution in [0.4, 0.5) is 0 Å². The Bertz CT molecular complexity index is 199. The Morgan fingerprint density at radius 3 is 1.69 bits per heavy atom. The van der Waals surface area contributed by atoms with Crippen LogP contribution in [-0.2, 0) is 4.79 Å². The van der Waals surface area contributed by atoms with Gasteiger partial charge < -0.3 is 5.32 Å². The van der Waals surface area contributed by atoms with Gasteiger partial charge in [-0.05, 0) is 33.1 Å². The highest BCUT2D eigenvalue weighted by Gasteiger charge is 2.30. The molecule has 2 heteroatoms. The van der Waals surface area contributed by atoms with E-state index in [2.05, 4.69) is 19.2 Å². The average molecular weight is 229 g/mol. The molecule has 2 nitrogen and oxygen atoms in total. The van der Waals surface area contributed by atoms with E-state index in [-0.39, 0.29) is 16.9 Å². The molecule has 0 bridgehead atoms. The molecule has 0 radical (unpaired) electrons. The van der Waals surface area contributed by atoms with Crippen LogP contribution in [0.25, 0.3) is 0 Å². The molecule has 0 aromatic heterocycles. The molecule has 0 aliphatic heterocycles. The van der Waals surface area contributed by atoms with Crippen LogP contribution >= 0.6 is 0 Å². The van der Waals surface area contributed by atoms with Crippen molar-refractivity contribution in [1.29, 1.82) is 0 Å². The van der Waals surface area contributed by atoms with Crippen LogP contribution in [0, 0.1) is 11.3 Å². The van der Waals surface area contributed by atoms with Crippen molar-refractivity contribution in [3.8, 4) is 0 Å². The van der Waals surface area contributed by atoms with E-state index >= 15 is 0 Å². The molecule has 0 unspecified atom stereocenters. The Hall–Kier alpha value is -0.530. The monoisotopic (exact) mass is 229 g/mol. The average Bonchev–Trinajstić information content (AvgIpc) is 2.02. The molecular weight excluding hydrogens is 198 g/mol. The predicted octanol–water partition coefficient (Wildman–Crippen LogP) is 4.00. The molecule has 0 rings (SSSR count). The number of hydrogen-bond donors (Lipinski definition) is 1. The van der Waals surface area contributed by atoms with E-state index in [0.717, 1.165) is 6.42 Å². The van der Waals surface area contributed by atoms with Gasteiger partial charge in [0.05, 0.1) is 0 Å². The van der Waals surface area contributed by atoms with E-state index in [9.17, 15) is 4.79 Å². The Balaban J connectivity index is 0. The topological polar surface area (TPSA) is 29.1 Å². The van der Waals surface area contributed by atoms with Crippen molar-refractivity contribution in [3.63, 3.8) is 0 Å². The Kier molecular flexibility index (Phi) is 7.73. The molecule has 0 atom stereocenters. The molecular formula is C14H31NO. The SMILES string of the molecule is CC.CC(C)CC(C)(C)C(=O)NC(C)(C)C. The van der Waals surface area contributed by atoms with Crippen LogP contribution in [0.2, 0.25) is 0 Å². The molecule has 98 valence electrons. The van der Waals surface area contributed by atoms with Crippen molar-refractivity contribution in [3.05, 3.63) is 0 Å². The van der Waals surface area contributed by atoms with Gasteiger partial charge in [-0.1, -0.05) is 41.5 Å². The second-order valence-corrected chi connectivity index (χ2v) is 6.19. The summed E-state index contributed by atoms with van der Waals surface area (Å²) in [7, 11) is 0. The highest BCUT2D eigenvalue weighted by atomic mass is 16.2. The molecule has 0 aliphatic carbocycles. The van der Waals surface area contributed by atoms with Gasteiger partial charge in [0.2, 0.25) is 5.91 Å². The second-order valence-electron chi connectivity index (χ2n) is 6.19. The number of carbonyl (C=O) groups excluding carboxylic acids is 1. The van der Waals surface area contributed by atoms with E-state index in [0.29, 0.717) is 5.92 Å². The van der Waals surface area contributed by atoms with Gasteiger partial charge in [-0.2, -0.15) is 0 Å². The smallest absolute Gasteiger partial charge is 0.226 e. The van der Waals surface area contributed by atoms with Gasteiger partial charge in [-0.25, -0.2) is 0 Å². The van der Waals surface area contributed by atoms with Gasteiger partial charge in [0.1, 0.15) is 0 Å². The number of rotatable bonds is 3. The van der Waals surface area contributed by atoms with Crippen molar-refractivity contribution in [1.82, 2.24) is 5.32 Å². The Morgan fingerprint density at radius 1 is 1.06 bits per heavy atom. The van der Waals surface area contributed by atoms with Crippen molar-refractivity contribution in [2.45, 2.75) is 74.3 Å². The molecule has 0 heterocycles. The number of nitrogens with one attached hydrogen (secondary N) is 1. The molecule has 16 heavy (non-hydrogen) atoms. The fraction of sp³-hybridized carbons (Fsp3) is 0.929. The molecule has 1 amide bonds. The summed E-state index contributed by atoms with van der Waals surface area (Å²) in [5.74, 6) is 0.703. The van der Waals surface area contributed by atoms with E-state index in [1.807, 2.05) is 48.5 Å². The van der Waals surface area contributed by atoms with E-state index in [1.165, 1.54) is 0 Å². The lowest BCUT2D eigenvalue weighted by atomic mass is 9.82. The maximum absolute atomic E-state index is 11.9. The maximum Gasteiger partial charge on any atom is 0.226 e. The summed E-state index contributed by atoms with van der Waals surface area (Å²) in [5, 5.41) is 3.03. The largest absolute Gasteiger partial charge is 0.351 e. The fourth-order valence-corrected chi connectivity index (χ4v) is 1.62. The van der Waals surface area contributed by atoms with Gasteiger partial charge >= 0.3 is 0 Å². The number of carbonyl (C=O) groups is 1. The lowest BCUT2D eigenvalue weighted by Crippen LogP contribution is -2.47. The summed E-state index contributed by atoms with van der Waals surface area (Å²) in [4.78, 5) is 11.9. The minimum Gasteiger partial charge on any atom is -0.351 e. The van der Waals surface area contributed by atoms with Crippen molar-refractivity contribution in [2.24, 2.45) is 11.3 Å². The van der Waals surface area contributed by atoms with Gasteiger partial charge in [0, 0.05) is 11.0 Å². The lowest BCUT2D eigenvalue weighted by molar-refractivity contribution is -0.131. The van der Waals surface area contributed by atoms with Crippen LogP contribution in [0.1, 0.15) is 68.7 Å². The summed E-state index contributed by atoms with van der Waals surface area (Å²) >= 11 is 0. The van der Waals surface area contributed by atoms with Crippen LogP contribution in [0.3, 0.4) is 0 Å². The maximum atomic E-state index is 11.9. The summed E-state index contributed by atoms with van der Waals surface area (Å²) in [5.41, 5.74) is -0.396. The lowest BCUT2D eigenvalue weighted by Gasteiger charge is -2.30. The zero-order chi connectivity index (χ0) is 13.6. The second kappa shape index (κ2) is 6.93. The third kappa shape index (κ3) is 8.75. The minimum atomic E-state index is -0.262. The molecule has 0 aromatic carbocycles. The van der Waals surface area contributed by atoms with Gasteiger partial charge in [0.15, 0.2) is 0 Å². The van der Waals surface area contributed by atoms with Crippen LogP contribution < -0.4 is 5.32 Å². The minimum absolute atomic E-state index is 0.134. The first-order chi connectivity index (χ1) is 7.04. The molecule has 0 aromatic rings. The molecule has 0 aliphatic rings. The zero-order valence-corrected chi connectivity index (χ0v) is 12.7. The molecule has 0 spiro atoms. The fourth-order valence-electron chi connectivity index (χ4n) is 1.62. The standard InChI is InChI=1S/C12H25NO.C2H6/c1-9(2)8-12(6,7)10(14)13-11(3,4)5;1-2/h9H,8H2,1-7H3,(H,13,14);1-2H3. The highest BCUT2D eigenvalue weighted by molar-refractivity contribution is 5.82. The van der Waals surface area contributed by atoms with Crippen LogP contribution in [0.5, 0.6) is 0 Å². The van der Waals surface area contributed by atoms with E-state index in [1.54, 1.807) is 0 Å². The summed E-state index contributed by atoms with van der Waals surface area (Å²) < 4.78 is 0. The summed E-state index contributed by atoms with van der Waals surface area (Å²) in [6.45, 7) is 18.3. The third-order valence-corrected chi connectivity index (χ3v) is 2.02. The third-order valence-electron chi connectivity index (χ3n) is 2.02. The molecule has 0 saturated carbocycles. The molecule has 0 saturated heterocycles. The van der Waals surface area contributed by atoms with Gasteiger partial charge in [-0.15, -0.1) is 0 Å². The summed E-state index contributed by atoms with van der Waals surface area (Å²) in [6, 6.07) is 0. The Labute approximate surface area is 102 Å². The number of hydrogen-bond acceptors (Lipinski definition) is 1. The van der Waals surface area contributed by atoms with Crippen molar-refractivity contribution in [2.75, 3.05) is 0 Å². The normalized spacial score (nSPS) is 11.9. The van der Waals surface area contributed by atoms with Crippen molar-refractivity contribution < 1.29 is 4.79 Å². The zero-order valence-electron chi connectivity index (χ0n) is 12.7. The first-order valence-corrected chi connectivity index (χ1v) is 6.37. The van der Waals surface area contributed by atoms with Gasteiger partial charge in [-0.3, -0.25) is 4.79 Å². The van der Waals surface area contributed by atoms with E-state index < -0.39 is 0 Å². The van der Waals surface area contributed by atoms with E-state index in [4.69, 9.17) is 0 Å². The van der Waals surface area contributed by atoms with Crippen LogP contribution in [-0.4, -0.2) is 11.4 Å². The van der Waals surface area contributed by atoms with Crippen LogP contribution in [0.15, 0.2) is 0 Å². The Morgan fingerprint density at radius 2 is 1.44 bits per heavy atom. The van der Waals surface area contributed by atoms with Gasteiger partial charge in [0.25, 0.3) is 0 Å². The first kappa shape index (κ1) is 17.9.